The van der Waals surface area contributed by atoms with Gasteiger partial charge in [0, 0.05) is 12.6 Å². The first-order valence-electron chi connectivity index (χ1n) is 3.08. The molecule has 1 unspecified atom stereocenters. The van der Waals surface area contributed by atoms with Crippen molar-refractivity contribution in [1.82, 2.24) is 5.32 Å². The molecule has 50 valence electrons. The van der Waals surface area contributed by atoms with Crippen molar-refractivity contribution in [3.8, 4) is 0 Å². The highest BCUT2D eigenvalue weighted by atomic mass is 14.9. The van der Waals surface area contributed by atoms with Gasteiger partial charge in [-0.15, -0.1) is 0 Å². The van der Waals surface area contributed by atoms with Crippen LogP contribution in [0.2, 0.25) is 0 Å². The molecule has 0 saturated carbocycles. The Hall–Kier alpha value is -0.0800. The van der Waals surface area contributed by atoms with Gasteiger partial charge in [0.05, 0.1) is 0 Å². The Morgan fingerprint density at radius 1 is 1.50 bits per heavy atom. The van der Waals surface area contributed by atoms with Crippen molar-refractivity contribution in [2.75, 3.05) is 13.6 Å². The second kappa shape index (κ2) is 3.87. The Kier molecular flexibility index (Phi) is 3.83. The molecule has 0 aliphatic heterocycles. The molecule has 1 atom stereocenters. The zero-order valence-electron chi connectivity index (χ0n) is 5.94. The van der Waals surface area contributed by atoms with Crippen molar-refractivity contribution in [1.29, 1.82) is 0 Å². The molecule has 0 aromatic carbocycles. The maximum Gasteiger partial charge on any atom is 0.0188 e. The van der Waals surface area contributed by atoms with Gasteiger partial charge in [-0.2, -0.15) is 0 Å². The maximum absolute atomic E-state index is 5.66. The number of hydrogen-bond acceptors (Lipinski definition) is 2. The third-order valence-corrected chi connectivity index (χ3v) is 1.30. The van der Waals surface area contributed by atoms with E-state index < -0.39 is 0 Å². The zero-order chi connectivity index (χ0) is 6.57. The minimum absolute atomic E-state index is 0.306. The standard InChI is InChI=1S/C6H16N2/c1-5(2)6(7)4-8-3/h5-6,8H,4,7H2,1-3H3. The zero-order valence-corrected chi connectivity index (χ0v) is 5.94. The van der Waals surface area contributed by atoms with Gasteiger partial charge in [0.25, 0.3) is 0 Å². The summed E-state index contributed by atoms with van der Waals surface area (Å²) in [5, 5.41) is 3.02. The van der Waals surface area contributed by atoms with Crippen LogP contribution in [0.25, 0.3) is 0 Å². The Morgan fingerprint density at radius 3 is 2.12 bits per heavy atom. The van der Waals surface area contributed by atoms with Crippen molar-refractivity contribution in [2.45, 2.75) is 19.9 Å². The van der Waals surface area contributed by atoms with E-state index in [2.05, 4.69) is 19.2 Å². The fourth-order valence-corrected chi connectivity index (χ4v) is 0.471. The first-order valence-corrected chi connectivity index (χ1v) is 3.08. The topological polar surface area (TPSA) is 38.0 Å². The quantitative estimate of drug-likeness (QED) is 0.552. The number of likely N-dealkylation sites (N-methyl/N-ethyl adjacent to an activating group) is 1. The van der Waals surface area contributed by atoms with Gasteiger partial charge < -0.3 is 11.1 Å². The summed E-state index contributed by atoms with van der Waals surface area (Å²) in [4.78, 5) is 0. The summed E-state index contributed by atoms with van der Waals surface area (Å²) in [7, 11) is 1.92. The highest BCUT2D eigenvalue weighted by molar-refractivity contribution is 4.65. The van der Waals surface area contributed by atoms with E-state index in [-0.39, 0.29) is 0 Å². The van der Waals surface area contributed by atoms with Crippen molar-refractivity contribution in [2.24, 2.45) is 11.7 Å². The lowest BCUT2D eigenvalue weighted by atomic mass is 10.1. The van der Waals surface area contributed by atoms with E-state index in [1.165, 1.54) is 0 Å². The van der Waals surface area contributed by atoms with Gasteiger partial charge in [-0.3, -0.25) is 0 Å². The average Bonchev–Trinajstić information content (AvgIpc) is 1.67. The molecule has 0 fully saturated rings. The molecule has 0 bridgehead atoms. The van der Waals surface area contributed by atoms with Crippen molar-refractivity contribution in [3.63, 3.8) is 0 Å². The van der Waals surface area contributed by atoms with E-state index in [9.17, 15) is 0 Å². The molecule has 0 aliphatic carbocycles. The van der Waals surface area contributed by atoms with Crippen LogP contribution >= 0.6 is 0 Å². The summed E-state index contributed by atoms with van der Waals surface area (Å²) in [6.45, 7) is 5.17. The van der Waals surface area contributed by atoms with Crippen LogP contribution in [0.4, 0.5) is 0 Å². The molecule has 0 aliphatic rings. The Labute approximate surface area is 51.5 Å². The summed E-state index contributed by atoms with van der Waals surface area (Å²) in [6, 6.07) is 0.306. The molecule has 0 saturated heterocycles. The lowest BCUT2D eigenvalue weighted by molar-refractivity contribution is 0.474. The average molecular weight is 116 g/mol. The molecule has 0 heterocycles. The summed E-state index contributed by atoms with van der Waals surface area (Å²) in [5.41, 5.74) is 5.66. The van der Waals surface area contributed by atoms with Gasteiger partial charge in [0.1, 0.15) is 0 Å². The van der Waals surface area contributed by atoms with Gasteiger partial charge in [-0.1, -0.05) is 13.8 Å². The van der Waals surface area contributed by atoms with Gasteiger partial charge in [0.2, 0.25) is 0 Å². The smallest absolute Gasteiger partial charge is 0.0188 e. The Bertz CT molecular complexity index is 52.5. The molecule has 2 nitrogen and oxygen atoms in total. The van der Waals surface area contributed by atoms with Crippen molar-refractivity contribution in [3.05, 3.63) is 0 Å². The summed E-state index contributed by atoms with van der Waals surface area (Å²) in [5.74, 6) is 0.586. The lowest BCUT2D eigenvalue weighted by Gasteiger charge is -2.13. The van der Waals surface area contributed by atoms with Crippen LogP contribution in [0.5, 0.6) is 0 Å². The molecule has 0 radical (unpaired) electrons. The Morgan fingerprint density at radius 2 is 2.00 bits per heavy atom. The second-order valence-corrected chi connectivity index (χ2v) is 2.47. The van der Waals surface area contributed by atoms with E-state index in [4.69, 9.17) is 5.73 Å². The van der Waals surface area contributed by atoms with Crippen LogP contribution in [-0.2, 0) is 0 Å². The fraction of sp³-hybridized carbons (Fsp3) is 1.00. The molecule has 0 amide bonds. The van der Waals surface area contributed by atoms with Gasteiger partial charge in [0.15, 0.2) is 0 Å². The van der Waals surface area contributed by atoms with Crippen LogP contribution in [0.1, 0.15) is 13.8 Å². The molecule has 0 spiro atoms. The molecule has 8 heavy (non-hydrogen) atoms. The first-order chi connectivity index (χ1) is 3.68. The predicted octanol–water partition coefficient (Wildman–Crippen LogP) is 0.189. The number of nitrogens with two attached hydrogens (primary N) is 1. The molecule has 2 heteroatoms. The molecule has 0 rings (SSSR count). The first kappa shape index (κ1) is 7.92. The van der Waals surface area contributed by atoms with Crippen LogP contribution < -0.4 is 11.1 Å². The number of nitrogens with one attached hydrogen (secondary N) is 1. The van der Waals surface area contributed by atoms with Crippen LogP contribution in [-0.4, -0.2) is 19.6 Å². The number of rotatable bonds is 3. The lowest BCUT2D eigenvalue weighted by Crippen LogP contribution is -2.36. The normalized spacial score (nSPS) is 14.6. The molecule has 0 aromatic rings. The van der Waals surface area contributed by atoms with Crippen LogP contribution in [0, 0.1) is 5.92 Å². The van der Waals surface area contributed by atoms with Crippen molar-refractivity contribution < 1.29 is 0 Å². The predicted molar refractivity (Wildman–Crippen MR) is 36.7 cm³/mol. The molecular weight excluding hydrogens is 100 g/mol. The third-order valence-electron chi connectivity index (χ3n) is 1.30. The van der Waals surface area contributed by atoms with E-state index in [0.717, 1.165) is 6.54 Å². The molecule has 3 N–H and O–H groups in total. The van der Waals surface area contributed by atoms with Crippen LogP contribution in [0.15, 0.2) is 0 Å². The van der Waals surface area contributed by atoms with Gasteiger partial charge in [-0.05, 0) is 13.0 Å². The van der Waals surface area contributed by atoms with E-state index >= 15 is 0 Å². The fourth-order valence-electron chi connectivity index (χ4n) is 0.471. The third kappa shape index (κ3) is 2.99. The summed E-state index contributed by atoms with van der Waals surface area (Å²) < 4.78 is 0. The highest BCUT2D eigenvalue weighted by Gasteiger charge is 2.03. The van der Waals surface area contributed by atoms with E-state index in [0.29, 0.717) is 12.0 Å². The number of hydrogen-bond donors (Lipinski definition) is 2. The second-order valence-electron chi connectivity index (χ2n) is 2.47. The summed E-state index contributed by atoms with van der Waals surface area (Å²) >= 11 is 0. The largest absolute Gasteiger partial charge is 0.326 e. The van der Waals surface area contributed by atoms with E-state index in [1.807, 2.05) is 7.05 Å². The summed E-state index contributed by atoms with van der Waals surface area (Å²) in [6.07, 6.45) is 0. The van der Waals surface area contributed by atoms with Gasteiger partial charge >= 0.3 is 0 Å². The van der Waals surface area contributed by atoms with Crippen LogP contribution in [0.3, 0.4) is 0 Å². The highest BCUT2D eigenvalue weighted by Crippen LogP contribution is 1.94. The van der Waals surface area contributed by atoms with Crippen molar-refractivity contribution >= 4 is 0 Å². The van der Waals surface area contributed by atoms with E-state index in [1.54, 1.807) is 0 Å². The minimum Gasteiger partial charge on any atom is -0.326 e. The molecule has 0 aromatic heterocycles. The molecular formula is C6H16N2. The minimum atomic E-state index is 0.306. The Balaban J connectivity index is 3.17. The van der Waals surface area contributed by atoms with Gasteiger partial charge in [-0.25, -0.2) is 0 Å². The monoisotopic (exact) mass is 116 g/mol. The SMILES string of the molecule is CNCC(N)C(C)C. The maximum atomic E-state index is 5.66.